The Bertz CT molecular complexity index is 12.9. The Morgan fingerprint density at radius 2 is 1.29 bits per heavy atom. The zero-order valence-corrected chi connectivity index (χ0v) is 8.17. The first-order valence-electron chi connectivity index (χ1n) is 1.02. The maximum atomic E-state index is 7.57. The van der Waals surface area contributed by atoms with Crippen molar-refractivity contribution >= 4 is 0 Å². The van der Waals surface area contributed by atoms with E-state index in [-0.39, 0.29) is 87.8 Å². The van der Waals surface area contributed by atoms with Gasteiger partial charge >= 0.3 is 70.2 Å². The molecule has 3 N–H and O–H groups in total. The van der Waals surface area contributed by atoms with Crippen molar-refractivity contribution in [2.45, 2.75) is 6.92 Å². The molecular formula is C2H8KLiO3. The minimum atomic E-state index is 0. The average Bonchev–Trinajstić information content (AvgIpc) is 0.918. The fourth-order valence-electron chi connectivity index (χ4n) is 0. The molecule has 0 aromatic heterocycles. The third-order valence-electron chi connectivity index (χ3n) is 0. The Labute approximate surface area is 98.1 Å². The summed E-state index contributed by atoms with van der Waals surface area (Å²) in [4.78, 5) is 0. The molecule has 0 heterocycles. The van der Waals surface area contributed by atoms with Crippen LogP contribution < -0.4 is 70.2 Å². The van der Waals surface area contributed by atoms with Gasteiger partial charge in [-0.3, -0.25) is 0 Å². The van der Waals surface area contributed by atoms with Gasteiger partial charge in [-0.2, -0.15) is 0 Å². The van der Waals surface area contributed by atoms with Crippen LogP contribution in [-0.2, 0) is 0 Å². The van der Waals surface area contributed by atoms with Crippen molar-refractivity contribution in [1.29, 1.82) is 0 Å². The molecule has 0 aliphatic heterocycles. The van der Waals surface area contributed by atoms with Gasteiger partial charge in [0.25, 0.3) is 0 Å². The first-order valence-corrected chi connectivity index (χ1v) is 1.02. The molecule has 0 saturated carbocycles. The van der Waals surface area contributed by atoms with Crippen molar-refractivity contribution in [1.82, 2.24) is 0 Å². The van der Waals surface area contributed by atoms with Crippen molar-refractivity contribution in [3.05, 3.63) is 0 Å². The summed E-state index contributed by atoms with van der Waals surface area (Å²) in [6.07, 6.45) is 0. The molecule has 0 aliphatic rings. The van der Waals surface area contributed by atoms with E-state index in [9.17, 15) is 0 Å². The van der Waals surface area contributed by atoms with Crippen LogP contribution in [0.25, 0.3) is 0 Å². The number of hydrogen-bond donors (Lipinski definition) is 1. The van der Waals surface area contributed by atoms with Gasteiger partial charge < -0.3 is 16.1 Å². The van der Waals surface area contributed by atoms with E-state index in [4.69, 9.17) is 5.11 Å². The van der Waals surface area contributed by atoms with Crippen molar-refractivity contribution in [2.75, 3.05) is 6.61 Å². The maximum Gasteiger partial charge on any atom is 1.00 e. The molecule has 0 aromatic rings. The van der Waals surface area contributed by atoms with E-state index in [1.54, 1.807) is 6.92 Å². The van der Waals surface area contributed by atoms with Gasteiger partial charge in [0, 0.05) is 6.61 Å². The van der Waals surface area contributed by atoms with E-state index in [1.165, 1.54) is 0 Å². The minimum absolute atomic E-state index is 0. The van der Waals surface area contributed by atoms with Gasteiger partial charge in [0.05, 0.1) is 0 Å². The van der Waals surface area contributed by atoms with Gasteiger partial charge in [0.15, 0.2) is 0 Å². The van der Waals surface area contributed by atoms with Gasteiger partial charge in [0.1, 0.15) is 0 Å². The van der Waals surface area contributed by atoms with Crippen molar-refractivity contribution < 1.29 is 86.3 Å². The van der Waals surface area contributed by atoms with Crippen LogP contribution in [-0.4, -0.2) is 22.7 Å². The van der Waals surface area contributed by atoms with Gasteiger partial charge in [-0.1, -0.05) is 0 Å². The summed E-state index contributed by atoms with van der Waals surface area (Å²) in [5, 5.41) is 7.57. The Hall–Kier alpha value is 2.11. The second kappa shape index (κ2) is 42.3. The number of aliphatic hydroxyl groups is 1. The number of rotatable bonds is 0. The average molecular weight is 126 g/mol. The molecule has 0 unspecified atom stereocenters. The standard InChI is InChI=1S/C2H6O.K.Li.2H2O/c1-2-3;;;;/h3H,2H2,1H3;;;2*1H2/q;2*+1;;/p-2. The van der Waals surface area contributed by atoms with Gasteiger partial charge in [-0.25, -0.2) is 0 Å². The Balaban J connectivity index is -0.00000000333. The van der Waals surface area contributed by atoms with Gasteiger partial charge in [-0.15, -0.1) is 0 Å². The molecule has 0 spiro atoms. The van der Waals surface area contributed by atoms with Crippen LogP contribution in [0.2, 0.25) is 0 Å². The molecule has 3 nitrogen and oxygen atoms in total. The van der Waals surface area contributed by atoms with Gasteiger partial charge in [0.2, 0.25) is 0 Å². The zero-order valence-electron chi connectivity index (χ0n) is 5.05. The molecule has 0 radical (unpaired) electrons. The monoisotopic (exact) mass is 126 g/mol. The van der Waals surface area contributed by atoms with Crippen LogP contribution in [0.1, 0.15) is 6.92 Å². The maximum absolute atomic E-state index is 7.57. The molecule has 0 aliphatic carbocycles. The fourth-order valence-corrected chi connectivity index (χ4v) is 0. The molecule has 0 bridgehead atoms. The van der Waals surface area contributed by atoms with Crippen LogP contribution in [0.3, 0.4) is 0 Å². The van der Waals surface area contributed by atoms with E-state index in [1.807, 2.05) is 0 Å². The zero-order chi connectivity index (χ0) is 2.71. The molecule has 5 heteroatoms. The molecule has 0 amide bonds. The molecule has 0 saturated heterocycles. The normalized spacial score (nSPS) is 2.57. The Morgan fingerprint density at radius 3 is 1.29 bits per heavy atom. The smallest absolute Gasteiger partial charge is 0.870 e. The predicted octanol–water partition coefficient (Wildman–Crippen LogP) is -6.35. The van der Waals surface area contributed by atoms with Crippen molar-refractivity contribution in [3.63, 3.8) is 0 Å². The molecule has 36 valence electrons. The fraction of sp³-hybridized carbons (Fsp3) is 1.00. The van der Waals surface area contributed by atoms with E-state index < -0.39 is 0 Å². The third-order valence-corrected chi connectivity index (χ3v) is 0. The van der Waals surface area contributed by atoms with Crippen molar-refractivity contribution in [2.24, 2.45) is 0 Å². The summed E-state index contributed by atoms with van der Waals surface area (Å²) < 4.78 is 0. The predicted molar refractivity (Wildman–Crippen MR) is 16.6 cm³/mol. The first kappa shape index (κ1) is 35.5. The first-order chi connectivity index (χ1) is 1.41. The minimum Gasteiger partial charge on any atom is -0.870 e. The summed E-state index contributed by atoms with van der Waals surface area (Å²) in [5.41, 5.74) is 0. The summed E-state index contributed by atoms with van der Waals surface area (Å²) in [5.74, 6) is 0. The second-order valence-corrected chi connectivity index (χ2v) is 0.316. The molecular weight excluding hydrogens is 118 g/mol. The van der Waals surface area contributed by atoms with Crippen LogP contribution in [0.15, 0.2) is 0 Å². The molecule has 7 heavy (non-hydrogen) atoms. The largest absolute Gasteiger partial charge is 1.00 e. The second-order valence-electron chi connectivity index (χ2n) is 0.316. The number of aliphatic hydroxyl groups excluding tert-OH is 1. The van der Waals surface area contributed by atoms with Crippen LogP contribution >= 0.6 is 0 Å². The Kier molecular flexibility index (Phi) is 214. The van der Waals surface area contributed by atoms with E-state index in [0.29, 0.717) is 0 Å². The van der Waals surface area contributed by atoms with Crippen LogP contribution in [0.5, 0.6) is 0 Å². The molecule has 0 atom stereocenters. The quantitative estimate of drug-likeness (QED) is 0.328. The molecule has 0 aromatic carbocycles. The Morgan fingerprint density at radius 1 is 1.29 bits per heavy atom. The third kappa shape index (κ3) is 67.9. The summed E-state index contributed by atoms with van der Waals surface area (Å²) in [6, 6.07) is 0. The summed E-state index contributed by atoms with van der Waals surface area (Å²) in [7, 11) is 0. The van der Waals surface area contributed by atoms with Crippen molar-refractivity contribution in [3.8, 4) is 0 Å². The topological polar surface area (TPSA) is 80.2 Å². The van der Waals surface area contributed by atoms with E-state index in [0.717, 1.165) is 0 Å². The SMILES string of the molecule is CCO.[K+].[Li+].[OH-].[OH-]. The van der Waals surface area contributed by atoms with Gasteiger partial charge in [-0.05, 0) is 6.92 Å². The molecule has 0 rings (SSSR count). The van der Waals surface area contributed by atoms with Crippen LogP contribution in [0.4, 0.5) is 0 Å². The summed E-state index contributed by atoms with van der Waals surface area (Å²) in [6.45, 7) is 1.93. The van der Waals surface area contributed by atoms with Crippen LogP contribution in [0, 0.1) is 0 Å². The molecule has 0 fully saturated rings. The number of hydrogen-bond acceptors (Lipinski definition) is 3. The summed E-state index contributed by atoms with van der Waals surface area (Å²) >= 11 is 0. The van der Waals surface area contributed by atoms with E-state index >= 15 is 0 Å². The van der Waals surface area contributed by atoms with E-state index in [2.05, 4.69) is 0 Å².